The normalized spacial score (nSPS) is 58.1. The predicted octanol–water partition coefficient (Wildman–Crippen LogP) is 1.67. The van der Waals surface area contributed by atoms with Crippen molar-refractivity contribution in [1.29, 1.82) is 0 Å². The fraction of sp³-hybridized carbons (Fsp3) is 0.909. The van der Waals surface area contributed by atoms with Crippen molar-refractivity contribution >= 4 is 6.09 Å². The maximum Gasteiger partial charge on any atom is 0.408 e. The molecule has 0 radical (unpaired) electrons. The summed E-state index contributed by atoms with van der Waals surface area (Å²) in [5, 5.41) is 3.10. The van der Waals surface area contributed by atoms with Crippen LogP contribution in [-0.4, -0.2) is 17.7 Å². The van der Waals surface area contributed by atoms with Gasteiger partial charge in [-0.25, -0.2) is 4.79 Å². The van der Waals surface area contributed by atoms with Crippen LogP contribution in [0.15, 0.2) is 0 Å². The summed E-state index contributed by atoms with van der Waals surface area (Å²) in [7, 11) is 0. The van der Waals surface area contributed by atoms with Gasteiger partial charge >= 0.3 is 6.09 Å². The second-order valence-corrected chi connectivity index (χ2v) is 5.71. The Morgan fingerprint density at radius 3 is 2.64 bits per heavy atom. The average molecular weight is 193 g/mol. The molecule has 0 aromatic carbocycles. The average Bonchev–Trinajstić information content (AvgIpc) is 2.40. The zero-order valence-electron chi connectivity index (χ0n) is 8.16. The summed E-state index contributed by atoms with van der Waals surface area (Å²) in [5.41, 5.74) is 0.0613. The van der Waals surface area contributed by atoms with Crippen molar-refractivity contribution in [3.63, 3.8) is 0 Å². The van der Waals surface area contributed by atoms with E-state index in [-0.39, 0.29) is 17.7 Å². The lowest BCUT2D eigenvalue weighted by Crippen LogP contribution is -2.62. The molecule has 1 heterocycles. The van der Waals surface area contributed by atoms with E-state index in [9.17, 15) is 4.79 Å². The first-order valence-corrected chi connectivity index (χ1v) is 5.74. The number of carbonyl (C=O) groups excluding carboxylic acids is 1. The van der Waals surface area contributed by atoms with Gasteiger partial charge < -0.3 is 10.1 Å². The van der Waals surface area contributed by atoms with E-state index < -0.39 is 0 Å². The van der Waals surface area contributed by atoms with Crippen LogP contribution in [0.3, 0.4) is 0 Å². The quantitative estimate of drug-likeness (QED) is 0.635. The third-order valence-corrected chi connectivity index (χ3v) is 4.80. The van der Waals surface area contributed by atoms with Crippen molar-refractivity contribution in [1.82, 2.24) is 5.32 Å². The summed E-state index contributed by atoms with van der Waals surface area (Å²) < 4.78 is 5.44. The number of amides is 1. The Morgan fingerprint density at radius 1 is 1.21 bits per heavy atom. The van der Waals surface area contributed by atoms with Crippen LogP contribution in [-0.2, 0) is 4.74 Å². The molecule has 0 unspecified atom stereocenters. The summed E-state index contributed by atoms with van der Waals surface area (Å²) in [6.45, 7) is 0. The van der Waals surface area contributed by atoms with Gasteiger partial charge in [-0.15, -0.1) is 0 Å². The number of carbonyl (C=O) groups is 1. The van der Waals surface area contributed by atoms with Gasteiger partial charge in [-0.2, -0.15) is 0 Å². The molecular formula is C11H15NO2. The standard InChI is InChI=1S/C11H15NO2/c13-10-12-11-4-6-1-7(5-11)3-8(2-6)9(11)14-10/h6-9H,1-5H2,(H,12,13)/t6-,7-,8?,9+,11?/m0/s1. The molecule has 1 N–H and O–H groups in total. The maximum absolute atomic E-state index is 11.3. The van der Waals surface area contributed by atoms with Crippen molar-refractivity contribution in [2.75, 3.05) is 0 Å². The summed E-state index contributed by atoms with van der Waals surface area (Å²) in [6.07, 6.45) is 6.41. The fourth-order valence-electron chi connectivity index (χ4n) is 4.72. The monoisotopic (exact) mass is 193 g/mol. The highest BCUT2D eigenvalue weighted by Gasteiger charge is 2.62. The number of hydrogen-bond donors (Lipinski definition) is 1. The summed E-state index contributed by atoms with van der Waals surface area (Å²) >= 11 is 0. The number of ether oxygens (including phenoxy) is 1. The summed E-state index contributed by atoms with van der Waals surface area (Å²) in [5.74, 6) is 2.40. The molecule has 0 aromatic heterocycles. The second-order valence-electron chi connectivity index (χ2n) is 5.71. The van der Waals surface area contributed by atoms with Gasteiger partial charge in [0.15, 0.2) is 0 Å². The van der Waals surface area contributed by atoms with Crippen molar-refractivity contribution < 1.29 is 9.53 Å². The van der Waals surface area contributed by atoms with E-state index in [4.69, 9.17) is 4.74 Å². The Bertz CT molecular complexity index is 300. The van der Waals surface area contributed by atoms with Gasteiger partial charge in [0.05, 0.1) is 5.54 Å². The molecule has 0 aromatic rings. The highest BCUT2D eigenvalue weighted by molar-refractivity contribution is 5.72. The van der Waals surface area contributed by atoms with E-state index in [1.807, 2.05) is 0 Å². The van der Waals surface area contributed by atoms with Crippen LogP contribution in [0.2, 0.25) is 0 Å². The third kappa shape index (κ3) is 0.733. The number of nitrogens with one attached hydrogen (secondary N) is 1. The van der Waals surface area contributed by atoms with Crippen molar-refractivity contribution in [2.24, 2.45) is 17.8 Å². The van der Waals surface area contributed by atoms with Gasteiger partial charge in [-0.1, -0.05) is 0 Å². The SMILES string of the molecule is O=C1NC23C[C@@H]4CC(C[C@H](C4)C2)[C@H]3O1. The van der Waals surface area contributed by atoms with Crippen LogP contribution < -0.4 is 5.32 Å². The van der Waals surface area contributed by atoms with Gasteiger partial charge in [0.1, 0.15) is 6.10 Å². The van der Waals surface area contributed by atoms with Gasteiger partial charge in [-0.3, -0.25) is 0 Å². The molecule has 4 aliphatic carbocycles. The summed E-state index contributed by atoms with van der Waals surface area (Å²) in [6, 6.07) is 0. The molecular weight excluding hydrogens is 178 g/mol. The van der Waals surface area contributed by atoms with E-state index in [0.29, 0.717) is 5.92 Å². The van der Waals surface area contributed by atoms with E-state index in [1.165, 1.54) is 32.1 Å². The Hall–Kier alpha value is -0.730. The fourth-order valence-corrected chi connectivity index (χ4v) is 4.72. The van der Waals surface area contributed by atoms with Crippen LogP contribution in [0.1, 0.15) is 32.1 Å². The molecule has 3 atom stereocenters. The Labute approximate surface area is 83.2 Å². The first-order valence-electron chi connectivity index (χ1n) is 5.74. The molecule has 5 rings (SSSR count). The minimum absolute atomic E-state index is 0.0613. The zero-order chi connectivity index (χ0) is 9.34. The molecule has 76 valence electrons. The summed E-state index contributed by atoms with van der Waals surface area (Å²) in [4.78, 5) is 11.3. The van der Waals surface area contributed by atoms with Crippen LogP contribution in [0.25, 0.3) is 0 Å². The number of hydrogen-bond acceptors (Lipinski definition) is 2. The highest BCUT2D eigenvalue weighted by Crippen LogP contribution is 2.58. The van der Waals surface area contributed by atoms with E-state index in [2.05, 4.69) is 5.32 Å². The Balaban J connectivity index is 1.80. The molecule has 1 amide bonds. The molecule has 5 aliphatic rings. The zero-order valence-corrected chi connectivity index (χ0v) is 8.16. The molecule has 3 nitrogen and oxygen atoms in total. The lowest BCUT2D eigenvalue weighted by Gasteiger charge is -2.56. The van der Waals surface area contributed by atoms with Crippen LogP contribution in [0.4, 0.5) is 4.79 Å². The third-order valence-electron chi connectivity index (χ3n) is 4.80. The molecule has 1 spiro atoms. The lowest BCUT2D eigenvalue weighted by atomic mass is 9.52. The topological polar surface area (TPSA) is 38.3 Å². The van der Waals surface area contributed by atoms with Gasteiger partial charge in [0.25, 0.3) is 0 Å². The smallest absolute Gasteiger partial charge is 0.408 e. The van der Waals surface area contributed by atoms with E-state index in [1.54, 1.807) is 0 Å². The molecule has 1 aliphatic heterocycles. The first-order chi connectivity index (χ1) is 6.75. The highest BCUT2D eigenvalue weighted by atomic mass is 16.6. The van der Waals surface area contributed by atoms with Crippen molar-refractivity contribution in [3.05, 3.63) is 0 Å². The Kier molecular flexibility index (Phi) is 1.13. The number of rotatable bonds is 0. The molecule has 1 saturated heterocycles. The maximum atomic E-state index is 11.3. The van der Waals surface area contributed by atoms with Crippen molar-refractivity contribution in [2.45, 2.75) is 43.7 Å². The largest absolute Gasteiger partial charge is 0.443 e. The second kappa shape index (κ2) is 2.10. The number of alkyl carbamates (subject to hydrolysis) is 1. The van der Waals surface area contributed by atoms with Gasteiger partial charge in [0.2, 0.25) is 0 Å². The Morgan fingerprint density at radius 2 is 1.93 bits per heavy atom. The minimum atomic E-state index is -0.164. The van der Waals surface area contributed by atoms with Crippen LogP contribution >= 0.6 is 0 Å². The van der Waals surface area contributed by atoms with Crippen LogP contribution in [0.5, 0.6) is 0 Å². The van der Waals surface area contributed by atoms with E-state index >= 15 is 0 Å². The molecule has 14 heavy (non-hydrogen) atoms. The van der Waals surface area contributed by atoms with Crippen LogP contribution in [0, 0.1) is 17.8 Å². The van der Waals surface area contributed by atoms with E-state index in [0.717, 1.165) is 11.8 Å². The first kappa shape index (κ1) is 7.55. The molecule has 4 saturated carbocycles. The lowest BCUT2D eigenvalue weighted by molar-refractivity contribution is -0.0837. The minimum Gasteiger partial charge on any atom is -0.443 e. The van der Waals surface area contributed by atoms with Crippen molar-refractivity contribution in [3.8, 4) is 0 Å². The predicted molar refractivity (Wildman–Crippen MR) is 49.7 cm³/mol. The molecule has 5 fully saturated rings. The van der Waals surface area contributed by atoms with Gasteiger partial charge in [-0.05, 0) is 49.9 Å². The molecule has 3 heteroatoms. The molecule has 4 bridgehead atoms. The van der Waals surface area contributed by atoms with Gasteiger partial charge in [0, 0.05) is 0 Å².